The van der Waals surface area contributed by atoms with Crippen LogP contribution in [0.4, 0.5) is 0 Å². The summed E-state index contributed by atoms with van der Waals surface area (Å²) >= 11 is 0. The molecule has 10 fully saturated rings. The van der Waals surface area contributed by atoms with Crippen molar-refractivity contribution < 1.29 is 102 Å². The third-order valence-corrected chi connectivity index (χ3v) is 31.7. The van der Waals surface area contributed by atoms with Crippen LogP contribution in [0.5, 0.6) is 0 Å². The summed E-state index contributed by atoms with van der Waals surface area (Å²) in [5, 5.41) is 0. The van der Waals surface area contributed by atoms with Crippen molar-refractivity contribution in [1.82, 2.24) is 0 Å². The first kappa shape index (κ1) is 82.6. The highest BCUT2D eigenvalue weighted by atomic mass is 32.2. The molecule has 24 unspecified atom stereocenters. The van der Waals surface area contributed by atoms with Crippen LogP contribution in [0.15, 0.2) is 29.2 Å². The Bertz CT molecular complexity index is 2960. The number of phosphoric ester groups is 2. The lowest BCUT2D eigenvalue weighted by molar-refractivity contribution is -0.157. The van der Waals surface area contributed by atoms with Crippen LogP contribution >= 0.6 is 15.6 Å². The first-order chi connectivity index (χ1) is 45.9. The highest BCUT2D eigenvalue weighted by Gasteiger charge is 2.56. The molecule has 0 spiro atoms. The lowest BCUT2D eigenvalue weighted by Gasteiger charge is -2.37. The first-order valence-electron chi connectivity index (χ1n) is 36.6. The van der Waals surface area contributed by atoms with E-state index in [1.165, 1.54) is 49.8 Å². The van der Waals surface area contributed by atoms with E-state index in [0.29, 0.717) is 115 Å². The van der Waals surface area contributed by atoms with E-state index in [2.05, 4.69) is 92.1 Å². The monoisotopic (exact) mass is 1460 g/mol. The minimum Gasteiger partial charge on any atom is -0.465 e. The van der Waals surface area contributed by atoms with E-state index >= 15 is 0 Å². The highest BCUT2D eigenvalue weighted by Crippen LogP contribution is 2.62. The second kappa shape index (κ2) is 35.4. The van der Waals surface area contributed by atoms with Crippen LogP contribution in [0.1, 0.15) is 191 Å². The molecule has 10 bridgehead atoms. The van der Waals surface area contributed by atoms with Gasteiger partial charge in [0.25, 0.3) is 10.1 Å². The Kier molecular flexibility index (Phi) is 29.8. The molecule has 98 heavy (non-hydrogen) atoms. The van der Waals surface area contributed by atoms with Gasteiger partial charge in [-0.25, -0.2) is 9.13 Å². The molecular weight excluding hydrogens is 1340 g/mol. The van der Waals surface area contributed by atoms with Gasteiger partial charge < -0.3 is 51.8 Å². The second-order valence-electron chi connectivity index (χ2n) is 32.0. The van der Waals surface area contributed by atoms with Gasteiger partial charge in [0.05, 0.1) is 42.5 Å². The molecule has 0 heterocycles. The van der Waals surface area contributed by atoms with Gasteiger partial charge in [0.15, 0.2) is 0 Å². The summed E-state index contributed by atoms with van der Waals surface area (Å²) in [6.45, 7) is 28.2. The summed E-state index contributed by atoms with van der Waals surface area (Å²) in [7, 11) is -10.7. The smallest absolute Gasteiger partial charge is 0.465 e. The van der Waals surface area contributed by atoms with Crippen LogP contribution in [-0.2, 0) is 79.7 Å². The standard InChI is InChI=1S/C18H31O8P.C16H30O5Si.C15H20O3S.C12H21O6P.C11H20/c1-12-13(2)15-10-14(12)11-16(15)18(20)25-9-8-24-17(19)6-4-3-5-7-26-27(21,22)23;1-11-12(2)14-9-13(11)10-15(14)16(17)21-7-6-8-22(18-3,19-4)20-5;1-9-10(2)14-7-12(9)8-15(14)11-3-5-13(6-4-11)19(16,17)18;1-7-8(2)10-5-9(7)6-11(10)12(13)17-3-4-18-19(14,15)16;1-7-8(2)10-5-9(7)6-11(10,3)4/h12-16H,3-11H2,1-2H3,(H2,21,22,23);11-15H,6-10H2,1-5H3;3-6,9-10,12,14-15H,7-8H2,1-2H3,(H,16,17,18);7-11H,3-6H2,1-2H3,(H2,14,15,16);7-10H,5-6H2,1-4H3. The molecule has 5 N–H and O–H groups in total. The SMILES string of the molecule is CC1C2CC(C(=O)OCCOC(=O)CCCCCOP(=O)(O)O)C(C2)C1C.CC1C2CC(C(=O)OCCOP(=O)(O)O)C(C2)C1C.CC1C2CC(C1C)C(C)(C)C2.CC1C2CC(c3ccc(S(=O)(=O)O)cc3)C(C2)C1C.CO[Si](CCCOC(=O)C1CC2CC1C(C)C2C)(OC)OC. The molecule has 22 nitrogen and oxygen atoms in total. The average Bonchev–Trinajstić information content (AvgIpc) is 1.70. The molecular formula is C72H122O22P2SSi. The Morgan fingerprint density at radius 2 is 0.867 bits per heavy atom. The summed E-state index contributed by atoms with van der Waals surface area (Å²) in [5.41, 5.74) is 1.88. The molecule has 562 valence electrons. The fraction of sp³-hybridized carbons (Fsp3) is 0.861. The van der Waals surface area contributed by atoms with E-state index in [1.807, 2.05) is 12.1 Å². The Morgan fingerprint density at radius 1 is 0.469 bits per heavy atom. The van der Waals surface area contributed by atoms with Crippen molar-refractivity contribution in [3.8, 4) is 0 Å². The van der Waals surface area contributed by atoms with Gasteiger partial charge in [-0.1, -0.05) is 102 Å². The number of hydrogen-bond acceptors (Lipinski definition) is 17. The molecule has 0 amide bonds. The van der Waals surface area contributed by atoms with Gasteiger partial charge in [0, 0.05) is 33.8 Å². The van der Waals surface area contributed by atoms with Crippen molar-refractivity contribution in [2.24, 2.45) is 142 Å². The maximum atomic E-state index is 12.3. The van der Waals surface area contributed by atoms with Crippen LogP contribution in [0.25, 0.3) is 0 Å². The maximum absolute atomic E-state index is 12.3. The zero-order chi connectivity index (χ0) is 72.6. The Balaban J connectivity index is 0.000000176. The van der Waals surface area contributed by atoms with Gasteiger partial charge in [-0.15, -0.1) is 0 Å². The molecule has 0 aliphatic heterocycles. The summed E-state index contributed by atoms with van der Waals surface area (Å²) in [6.07, 6.45) is 14.3. The minimum atomic E-state index is -4.47. The normalized spacial score (nSPS) is 36.4. The molecule has 0 aromatic heterocycles. The molecule has 0 radical (unpaired) electrons. The summed E-state index contributed by atoms with van der Waals surface area (Å²) in [6, 6.07) is 7.43. The van der Waals surface area contributed by atoms with Gasteiger partial charge in [-0.3, -0.25) is 32.8 Å². The van der Waals surface area contributed by atoms with Gasteiger partial charge in [0.1, 0.15) is 19.8 Å². The second-order valence-corrected chi connectivity index (χ2v) is 39.0. The van der Waals surface area contributed by atoms with Crippen LogP contribution < -0.4 is 0 Å². The molecule has 0 saturated heterocycles. The molecule has 10 aliphatic carbocycles. The fourth-order valence-corrected chi connectivity index (χ4v) is 23.1. The van der Waals surface area contributed by atoms with Crippen molar-refractivity contribution in [3.63, 3.8) is 0 Å². The topological polar surface area (TPSA) is 321 Å². The molecule has 1 aromatic rings. The van der Waals surface area contributed by atoms with E-state index in [0.717, 1.165) is 85.4 Å². The van der Waals surface area contributed by atoms with E-state index in [4.69, 9.17) is 56.4 Å². The number of phosphoric acid groups is 2. The van der Waals surface area contributed by atoms with E-state index < -0.39 is 34.6 Å². The van der Waals surface area contributed by atoms with E-state index in [-0.39, 0.29) is 86.0 Å². The Labute approximate surface area is 586 Å². The summed E-state index contributed by atoms with van der Waals surface area (Å²) < 4.78 is 97.5. The van der Waals surface area contributed by atoms with Gasteiger partial charge in [-0.05, 0) is 231 Å². The van der Waals surface area contributed by atoms with Crippen molar-refractivity contribution in [2.45, 2.75) is 196 Å². The molecule has 26 heteroatoms. The number of benzene rings is 1. The predicted molar refractivity (Wildman–Crippen MR) is 370 cm³/mol. The molecule has 11 rings (SSSR count). The molecule has 10 saturated carbocycles. The van der Waals surface area contributed by atoms with Crippen LogP contribution in [-0.4, -0.2) is 126 Å². The number of rotatable bonds is 26. The lowest BCUT2D eigenvalue weighted by atomic mass is 9.68. The van der Waals surface area contributed by atoms with Crippen LogP contribution in [0.3, 0.4) is 0 Å². The van der Waals surface area contributed by atoms with Gasteiger partial charge in [0.2, 0.25) is 0 Å². The van der Waals surface area contributed by atoms with Crippen molar-refractivity contribution in [1.29, 1.82) is 0 Å². The van der Waals surface area contributed by atoms with Crippen molar-refractivity contribution in [3.05, 3.63) is 29.8 Å². The van der Waals surface area contributed by atoms with Crippen LogP contribution in [0.2, 0.25) is 6.04 Å². The number of unbranched alkanes of at least 4 members (excludes halogenated alkanes) is 2. The van der Waals surface area contributed by atoms with Gasteiger partial charge in [-0.2, -0.15) is 8.42 Å². The Morgan fingerprint density at radius 3 is 1.24 bits per heavy atom. The van der Waals surface area contributed by atoms with Crippen LogP contribution in [0, 0.1) is 142 Å². The third-order valence-electron chi connectivity index (χ3n) is 26.9. The lowest BCUT2D eigenvalue weighted by Crippen LogP contribution is -2.42. The quantitative estimate of drug-likeness (QED) is 0.0144. The van der Waals surface area contributed by atoms with Crippen molar-refractivity contribution in [2.75, 3.05) is 61.0 Å². The third kappa shape index (κ3) is 21.1. The van der Waals surface area contributed by atoms with Gasteiger partial charge >= 0.3 is 48.3 Å². The zero-order valence-electron chi connectivity index (χ0n) is 61.2. The summed E-state index contributed by atoms with van der Waals surface area (Å²) in [4.78, 5) is 82.1. The highest BCUT2D eigenvalue weighted by molar-refractivity contribution is 7.85. The number of carbonyl (C=O) groups is 4. The minimum absolute atomic E-state index is 0.00716. The number of carbonyl (C=O) groups excluding carboxylic acids is 4. The molecule has 24 atom stereocenters. The maximum Gasteiger partial charge on any atom is 0.500 e. The number of hydrogen-bond donors (Lipinski definition) is 5. The number of fused-ring (bicyclic) bond motifs is 10. The predicted octanol–water partition coefficient (Wildman–Crippen LogP) is 13.6. The molecule has 1 aromatic carbocycles. The van der Waals surface area contributed by atoms with E-state index in [1.54, 1.807) is 21.3 Å². The zero-order valence-corrected chi connectivity index (χ0v) is 64.8. The van der Waals surface area contributed by atoms with E-state index in [9.17, 15) is 36.7 Å². The Hall–Kier alpha value is -2.67. The largest absolute Gasteiger partial charge is 0.500 e. The average molecular weight is 1460 g/mol. The fourth-order valence-electron chi connectivity index (χ4n) is 20.3. The first-order valence-corrected chi connectivity index (χ1v) is 43.1. The molecule has 10 aliphatic rings. The van der Waals surface area contributed by atoms with Crippen molar-refractivity contribution >= 4 is 58.4 Å². The number of esters is 4. The number of ether oxygens (including phenoxy) is 4. The summed E-state index contributed by atoms with van der Waals surface area (Å²) in [5.74, 6) is 14.2.